The summed E-state index contributed by atoms with van der Waals surface area (Å²) in [6.07, 6.45) is 5.33. The first-order chi connectivity index (χ1) is 11.7. The number of para-hydroxylation sites is 1. The minimum atomic E-state index is -0.733. The first-order valence-corrected chi connectivity index (χ1v) is 8.55. The lowest BCUT2D eigenvalue weighted by molar-refractivity contribution is -0.143. The highest BCUT2D eigenvalue weighted by Crippen LogP contribution is 2.40. The third-order valence-electron chi connectivity index (χ3n) is 5.37. The van der Waals surface area contributed by atoms with Crippen LogP contribution in [0.1, 0.15) is 37.9 Å². The Morgan fingerprint density at radius 3 is 2.79 bits per heavy atom. The number of fused-ring (bicyclic) bond motifs is 1. The Bertz CT molecular complexity index is 717. The van der Waals surface area contributed by atoms with Crippen molar-refractivity contribution in [3.05, 3.63) is 36.2 Å². The van der Waals surface area contributed by atoms with E-state index in [0.717, 1.165) is 24.9 Å². The molecule has 1 aromatic carbocycles. The second kappa shape index (κ2) is 6.32. The number of carboxylic acid groups (broad SMARTS) is 1. The van der Waals surface area contributed by atoms with E-state index in [1.165, 1.54) is 12.8 Å². The van der Waals surface area contributed by atoms with Gasteiger partial charge in [-0.3, -0.25) is 9.69 Å². The van der Waals surface area contributed by atoms with E-state index in [1.807, 2.05) is 30.3 Å². The SMILES string of the molecule is O=C(O)[C@@H]1C[C@H]2CCCC[C@@H]2N1Cc1nnnn1-c1ccccc1. The van der Waals surface area contributed by atoms with Crippen LogP contribution in [0.4, 0.5) is 0 Å². The quantitative estimate of drug-likeness (QED) is 0.923. The predicted octanol–water partition coefficient (Wildman–Crippen LogP) is 1.88. The lowest BCUT2D eigenvalue weighted by atomic mass is 9.85. The van der Waals surface area contributed by atoms with E-state index in [1.54, 1.807) is 4.68 Å². The third-order valence-corrected chi connectivity index (χ3v) is 5.37. The highest BCUT2D eigenvalue weighted by atomic mass is 16.4. The molecule has 1 aliphatic heterocycles. The Morgan fingerprint density at radius 2 is 2.00 bits per heavy atom. The van der Waals surface area contributed by atoms with Gasteiger partial charge in [0.25, 0.3) is 0 Å². The first kappa shape index (κ1) is 15.3. The molecule has 2 aliphatic rings. The zero-order valence-electron chi connectivity index (χ0n) is 13.5. The number of carbonyl (C=O) groups is 1. The number of carboxylic acids is 1. The van der Waals surface area contributed by atoms with Crippen molar-refractivity contribution < 1.29 is 9.90 Å². The predicted molar refractivity (Wildman–Crippen MR) is 86.5 cm³/mol. The van der Waals surface area contributed by atoms with Crippen molar-refractivity contribution >= 4 is 5.97 Å². The van der Waals surface area contributed by atoms with Crippen molar-refractivity contribution in [1.82, 2.24) is 25.1 Å². The molecule has 0 spiro atoms. The molecule has 4 rings (SSSR count). The van der Waals surface area contributed by atoms with E-state index >= 15 is 0 Å². The van der Waals surface area contributed by atoms with Crippen molar-refractivity contribution in [2.75, 3.05) is 0 Å². The van der Waals surface area contributed by atoms with Crippen LogP contribution in [-0.2, 0) is 11.3 Å². The molecule has 0 amide bonds. The van der Waals surface area contributed by atoms with Gasteiger partial charge >= 0.3 is 5.97 Å². The van der Waals surface area contributed by atoms with Crippen molar-refractivity contribution in [2.24, 2.45) is 5.92 Å². The third kappa shape index (κ3) is 2.69. The molecule has 0 unspecified atom stereocenters. The van der Waals surface area contributed by atoms with Crippen LogP contribution in [-0.4, -0.2) is 48.3 Å². The van der Waals surface area contributed by atoms with E-state index < -0.39 is 12.0 Å². The number of hydrogen-bond acceptors (Lipinski definition) is 5. The molecule has 1 aliphatic carbocycles. The Balaban J connectivity index is 1.62. The molecule has 0 radical (unpaired) electrons. The Morgan fingerprint density at radius 1 is 1.21 bits per heavy atom. The van der Waals surface area contributed by atoms with Gasteiger partial charge in [-0.2, -0.15) is 4.68 Å². The van der Waals surface area contributed by atoms with Gasteiger partial charge in [-0.1, -0.05) is 31.0 Å². The number of nitrogens with zero attached hydrogens (tertiary/aromatic N) is 5. The summed E-state index contributed by atoms with van der Waals surface area (Å²) in [7, 11) is 0. The van der Waals surface area contributed by atoms with E-state index in [4.69, 9.17) is 0 Å². The van der Waals surface area contributed by atoms with Crippen LogP contribution in [0.5, 0.6) is 0 Å². The van der Waals surface area contributed by atoms with E-state index in [9.17, 15) is 9.90 Å². The van der Waals surface area contributed by atoms with Crippen LogP contribution in [0.25, 0.3) is 5.69 Å². The maximum atomic E-state index is 11.7. The van der Waals surface area contributed by atoms with Gasteiger partial charge in [-0.05, 0) is 47.7 Å². The van der Waals surface area contributed by atoms with Gasteiger partial charge in [0, 0.05) is 6.04 Å². The Kier molecular flexibility index (Phi) is 4.02. The van der Waals surface area contributed by atoms with Crippen LogP contribution >= 0.6 is 0 Å². The molecule has 3 atom stereocenters. The first-order valence-electron chi connectivity index (χ1n) is 8.55. The molecular formula is C17H21N5O2. The van der Waals surface area contributed by atoms with Crippen molar-refractivity contribution in [1.29, 1.82) is 0 Å². The standard InChI is InChI=1S/C17H21N5O2/c23-17(24)15-10-12-6-4-5-9-14(12)21(15)11-16-18-19-20-22(16)13-7-2-1-3-8-13/h1-3,7-8,12,14-15H,4-6,9-11H2,(H,23,24)/t12-,14+,15+/m1/s1. The zero-order chi connectivity index (χ0) is 16.5. The molecule has 126 valence electrons. The summed E-state index contributed by atoms with van der Waals surface area (Å²) >= 11 is 0. The van der Waals surface area contributed by atoms with Crippen LogP contribution in [0.15, 0.2) is 30.3 Å². The minimum absolute atomic E-state index is 0.334. The largest absolute Gasteiger partial charge is 0.480 e. The maximum Gasteiger partial charge on any atom is 0.320 e. The topological polar surface area (TPSA) is 84.1 Å². The summed E-state index contributed by atoms with van der Waals surface area (Å²) in [5, 5.41) is 21.7. The minimum Gasteiger partial charge on any atom is -0.480 e. The number of benzene rings is 1. The molecule has 2 aromatic rings. The number of aromatic nitrogens is 4. The van der Waals surface area contributed by atoms with Gasteiger partial charge in [0.05, 0.1) is 12.2 Å². The molecule has 7 nitrogen and oxygen atoms in total. The molecule has 1 saturated carbocycles. The van der Waals surface area contributed by atoms with Gasteiger partial charge < -0.3 is 5.11 Å². The smallest absolute Gasteiger partial charge is 0.320 e. The normalized spacial score (nSPS) is 27.1. The highest BCUT2D eigenvalue weighted by Gasteiger charge is 2.45. The number of aliphatic carboxylic acids is 1. The molecule has 1 N–H and O–H groups in total. The summed E-state index contributed by atoms with van der Waals surface area (Å²) < 4.78 is 1.70. The number of hydrogen-bond donors (Lipinski definition) is 1. The second-order valence-corrected chi connectivity index (χ2v) is 6.72. The van der Waals surface area contributed by atoms with Crippen molar-refractivity contribution in [2.45, 2.75) is 50.7 Å². The summed E-state index contributed by atoms with van der Waals surface area (Å²) in [6.45, 7) is 0.472. The summed E-state index contributed by atoms with van der Waals surface area (Å²) in [5.41, 5.74) is 0.892. The van der Waals surface area contributed by atoms with Crippen molar-refractivity contribution in [3.63, 3.8) is 0 Å². The fraction of sp³-hybridized carbons (Fsp3) is 0.529. The number of rotatable bonds is 4. The van der Waals surface area contributed by atoms with Crippen molar-refractivity contribution in [3.8, 4) is 5.69 Å². The molecule has 24 heavy (non-hydrogen) atoms. The van der Waals surface area contributed by atoms with Crippen LogP contribution < -0.4 is 0 Å². The second-order valence-electron chi connectivity index (χ2n) is 6.72. The molecule has 2 fully saturated rings. The van der Waals surface area contributed by atoms with Gasteiger partial charge in [0.1, 0.15) is 6.04 Å². The summed E-state index contributed by atoms with van der Waals surface area (Å²) in [4.78, 5) is 13.8. The molecular weight excluding hydrogens is 306 g/mol. The fourth-order valence-corrected chi connectivity index (χ4v) is 4.26. The highest BCUT2D eigenvalue weighted by molar-refractivity contribution is 5.74. The lowest BCUT2D eigenvalue weighted by Gasteiger charge is -2.32. The summed E-state index contributed by atoms with van der Waals surface area (Å²) in [5.74, 6) is 0.447. The monoisotopic (exact) mass is 327 g/mol. The Hall–Kier alpha value is -2.28. The van der Waals surface area contributed by atoms with Gasteiger partial charge in [0.2, 0.25) is 0 Å². The molecule has 0 bridgehead atoms. The van der Waals surface area contributed by atoms with Crippen LogP contribution in [0, 0.1) is 5.92 Å². The molecule has 7 heteroatoms. The van der Waals surface area contributed by atoms with Gasteiger partial charge in [-0.25, -0.2) is 0 Å². The van der Waals surface area contributed by atoms with Crippen LogP contribution in [0.2, 0.25) is 0 Å². The fourth-order valence-electron chi connectivity index (χ4n) is 4.26. The van der Waals surface area contributed by atoms with Gasteiger partial charge in [-0.15, -0.1) is 5.10 Å². The summed E-state index contributed by atoms with van der Waals surface area (Å²) in [6, 6.07) is 9.62. The number of likely N-dealkylation sites (tertiary alicyclic amines) is 1. The zero-order valence-corrected chi connectivity index (χ0v) is 13.5. The van der Waals surface area contributed by atoms with Crippen LogP contribution in [0.3, 0.4) is 0 Å². The molecule has 1 aromatic heterocycles. The van der Waals surface area contributed by atoms with Gasteiger partial charge in [0.15, 0.2) is 5.82 Å². The Labute approximate surface area is 140 Å². The van der Waals surface area contributed by atoms with E-state index in [0.29, 0.717) is 24.3 Å². The van der Waals surface area contributed by atoms with E-state index in [2.05, 4.69) is 20.4 Å². The number of tetrazole rings is 1. The average molecular weight is 327 g/mol. The maximum absolute atomic E-state index is 11.7. The average Bonchev–Trinajstić information content (AvgIpc) is 3.21. The van der Waals surface area contributed by atoms with E-state index in [-0.39, 0.29) is 0 Å². The molecule has 2 heterocycles. The lowest BCUT2D eigenvalue weighted by Crippen LogP contribution is -2.42. The molecule has 1 saturated heterocycles.